The molecule has 0 unspecified atom stereocenters. The van der Waals surface area contributed by atoms with Crippen molar-refractivity contribution in [1.29, 1.82) is 0 Å². The predicted molar refractivity (Wildman–Crippen MR) is 61.0 cm³/mol. The maximum atomic E-state index is 12.8. The number of carbonyl (C=O) groups is 1. The number of pyridine rings is 1. The largest absolute Gasteiger partial charge is 0.353 e. The molecule has 1 amide bonds. The number of amides is 1. The molecule has 0 radical (unpaired) electrons. The molecule has 2 rings (SSSR count). The first-order chi connectivity index (χ1) is 8.25. The summed E-state index contributed by atoms with van der Waals surface area (Å²) in [5.41, 5.74) is 0.282. The predicted octanol–water partition coefficient (Wildman–Crippen LogP) is 1.45. The third-order valence-electron chi connectivity index (χ3n) is 2.31. The van der Waals surface area contributed by atoms with Gasteiger partial charge in [-0.2, -0.15) is 4.39 Å². The monoisotopic (exact) mass is 233 g/mol. The van der Waals surface area contributed by atoms with Gasteiger partial charge in [-0.25, -0.2) is 4.98 Å². The first-order valence-electron chi connectivity index (χ1n) is 5.26. The van der Waals surface area contributed by atoms with Crippen molar-refractivity contribution in [3.05, 3.63) is 54.4 Å². The average molecular weight is 233 g/mol. The Balaban J connectivity index is 1.85. The van der Waals surface area contributed by atoms with E-state index in [0.717, 1.165) is 6.07 Å². The van der Waals surface area contributed by atoms with E-state index in [9.17, 15) is 9.18 Å². The zero-order valence-corrected chi connectivity index (χ0v) is 9.14. The summed E-state index contributed by atoms with van der Waals surface area (Å²) in [6.07, 6.45) is 5.10. The molecular weight excluding hydrogens is 221 g/mol. The minimum atomic E-state index is -0.650. The van der Waals surface area contributed by atoms with Gasteiger partial charge in [0.15, 0.2) is 0 Å². The zero-order chi connectivity index (χ0) is 12.1. The summed E-state index contributed by atoms with van der Waals surface area (Å²) >= 11 is 0. The van der Waals surface area contributed by atoms with Gasteiger partial charge in [-0.3, -0.25) is 4.79 Å². The molecule has 0 aliphatic rings. The molecule has 0 fully saturated rings. The Bertz CT molecular complexity index is 496. The molecule has 4 nitrogen and oxygen atoms in total. The number of aromatic nitrogens is 2. The second kappa shape index (κ2) is 5.25. The molecule has 1 N–H and O–H groups in total. The molecule has 0 aliphatic heterocycles. The van der Waals surface area contributed by atoms with Gasteiger partial charge < -0.3 is 9.88 Å². The van der Waals surface area contributed by atoms with Crippen LogP contribution in [-0.4, -0.2) is 22.0 Å². The number of halogens is 1. The molecule has 5 heteroatoms. The summed E-state index contributed by atoms with van der Waals surface area (Å²) in [5, 5.41) is 2.71. The number of rotatable bonds is 4. The van der Waals surface area contributed by atoms with Gasteiger partial charge in [0, 0.05) is 43.3 Å². The molecule has 2 heterocycles. The van der Waals surface area contributed by atoms with Crippen molar-refractivity contribution in [3.63, 3.8) is 0 Å². The smallest absolute Gasteiger partial charge is 0.251 e. The highest BCUT2D eigenvalue weighted by molar-refractivity contribution is 5.93. The third kappa shape index (κ3) is 3.14. The van der Waals surface area contributed by atoms with Crippen LogP contribution in [0, 0.1) is 5.95 Å². The van der Waals surface area contributed by atoms with Gasteiger partial charge in [-0.05, 0) is 18.2 Å². The number of nitrogens with one attached hydrogen (secondary N) is 1. The molecule has 0 spiro atoms. The van der Waals surface area contributed by atoms with Crippen molar-refractivity contribution in [1.82, 2.24) is 14.9 Å². The standard InChI is InChI=1S/C12H12FN3O/c13-11-9-10(3-4-14-11)12(17)15-5-8-16-6-1-2-7-16/h1-4,6-7,9H,5,8H2,(H,15,17). The lowest BCUT2D eigenvalue weighted by atomic mass is 10.2. The normalized spacial score (nSPS) is 10.2. The maximum absolute atomic E-state index is 12.8. The van der Waals surface area contributed by atoms with Gasteiger partial charge in [0.05, 0.1) is 0 Å². The van der Waals surface area contributed by atoms with Crippen molar-refractivity contribution >= 4 is 5.91 Å². The summed E-state index contributed by atoms with van der Waals surface area (Å²) in [7, 11) is 0. The van der Waals surface area contributed by atoms with E-state index in [-0.39, 0.29) is 11.5 Å². The van der Waals surface area contributed by atoms with Crippen LogP contribution in [0.4, 0.5) is 4.39 Å². The van der Waals surface area contributed by atoms with Crippen molar-refractivity contribution in [2.24, 2.45) is 0 Å². The van der Waals surface area contributed by atoms with Crippen molar-refractivity contribution in [2.75, 3.05) is 6.54 Å². The Hall–Kier alpha value is -2.17. The van der Waals surface area contributed by atoms with Gasteiger partial charge >= 0.3 is 0 Å². The number of hydrogen-bond acceptors (Lipinski definition) is 2. The maximum Gasteiger partial charge on any atom is 0.251 e. The van der Waals surface area contributed by atoms with E-state index in [4.69, 9.17) is 0 Å². The van der Waals surface area contributed by atoms with E-state index >= 15 is 0 Å². The third-order valence-corrected chi connectivity index (χ3v) is 2.31. The van der Waals surface area contributed by atoms with Crippen LogP contribution in [0.1, 0.15) is 10.4 Å². The fraction of sp³-hybridized carbons (Fsp3) is 0.167. The van der Waals surface area contributed by atoms with Crippen LogP contribution in [-0.2, 0) is 6.54 Å². The highest BCUT2D eigenvalue weighted by atomic mass is 19.1. The van der Waals surface area contributed by atoms with Crippen LogP contribution in [0.25, 0.3) is 0 Å². The van der Waals surface area contributed by atoms with Gasteiger partial charge in [-0.15, -0.1) is 0 Å². The molecule has 2 aromatic heterocycles. The van der Waals surface area contributed by atoms with E-state index in [1.165, 1.54) is 12.3 Å². The molecule has 17 heavy (non-hydrogen) atoms. The zero-order valence-electron chi connectivity index (χ0n) is 9.14. The van der Waals surface area contributed by atoms with E-state index in [0.29, 0.717) is 13.1 Å². The molecular formula is C12H12FN3O. The Kier molecular flexibility index (Phi) is 3.49. The van der Waals surface area contributed by atoms with Crippen LogP contribution in [0.2, 0.25) is 0 Å². The van der Waals surface area contributed by atoms with Crippen molar-refractivity contribution < 1.29 is 9.18 Å². The highest BCUT2D eigenvalue weighted by Gasteiger charge is 2.05. The summed E-state index contributed by atoms with van der Waals surface area (Å²) in [6, 6.07) is 6.43. The molecule has 0 aromatic carbocycles. The molecule has 0 aliphatic carbocycles. The van der Waals surface area contributed by atoms with Crippen LogP contribution in [0.5, 0.6) is 0 Å². The minimum absolute atomic E-state index is 0.282. The summed E-state index contributed by atoms with van der Waals surface area (Å²) in [5.74, 6) is -0.943. The lowest BCUT2D eigenvalue weighted by Crippen LogP contribution is -2.27. The number of carbonyl (C=O) groups excluding carboxylic acids is 1. The van der Waals surface area contributed by atoms with Crippen LogP contribution in [0.3, 0.4) is 0 Å². The topological polar surface area (TPSA) is 46.9 Å². The van der Waals surface area contributed by atoms with Crippen molar-refractivity contribution in [2.45, 2.75) is 6.54 Å². The first kappa shape index (κ1) is 11.3. The Morgan fingerprint density at radius 2 is 2.18 bits per heavy atom. The van der Waals surface area contributed by atoms with Crippen molar-refractivity contribution in [3.8, 4) is 0 Å². The summed E-state index contributed by atoms with van der Waals surface area (Å²) < 4.78 is 14.7. The van der Waals surface area contributed by atoms with Gasteiger partial charge in [0.1, 0.15) is 0 Å². The van der Waals surface area contributed by atoms with Gasteiger partial charge in [0.25, 0.3) is 5.91 Å². The summed E-state index contributed by atoms with van der Waals surface area (Å²) in [4.78, 5) is 15.0. The molecule has 2 aromatic rings. The Labute approximate surface area is 98.1 Å². The SMILES string of the molecule is O=C(NCCn1cccc1)c1ccnc(F)c1. The van der Waals surface area contributed by atoms with E-state index < -0.39 is 5.95 Å². The molecule has 0 atom stereocenters. The lowest BCUT2D eigenvalue weighted by Gasteiger charge is -2.05. The average Bonchev–Trinajstić information content (AvgIpc) is 2.82. The van der Waals surface area contributed by atoms with E-state index in [1.54, 1.807) is 0 Å². The van der Waals surface area contributed by atoms with Crippen LogP contribution in [0.15, 0.2) is 42.9 Å². The molecule has 0 bridgehead atoms. The highest BCUT2D eigenvalue weighted by Crippen LogP contribution is 1.99. The second-order valence-corrected chi connectivity index (χ2v) is 3.54. The number of hydrogen-bond donors (Lipinski definition) is 1. The van der Waals surface area contributed by atoms with E-state index in [1.807, 2.05) is 29.1 Å². The summed E-state index contributed by atoms with van der Waals surface area (Å²) in [6.45, 7) is 1.18. The molecule has 0 saturated heterocycles. The quantitative estimate of drug-likeness (QED) is 0.812. The Morgan fingerprint density at radius 1 is 1.41 bits per heavy atom. The first-order valence-corrected chi connectivity index (χ1v) is 5.26. The fourth-order valence-electron chi connectivity index (χ4n) is 1.46. The minimum Gasteiger partial charge on any atom is -0.353 e. The van der Waals surface area contributed by atoms with Gasteiger partial charge in [-0.1, -0.05) is 0 Å². The molecule has 0 saturated carbocycles. The van der Waals surface area contributed by atoms with E-state index in [2.05, 4.69) is 10.3 Å². The fourth-order valence-corrected chi connectivity index (χ4v) is 1.46. The lowest BCUT2D eigenvalue weighted by molar-refractivity contribution is 0.0951. The Morgan fingerprint density at radius 3 is 2.88 bits per heavy atom. The van der Waals surface area contributed by atoms with Crippen LogP contribution < -0.4 is 5.32 Å². The second-order valence-electron chi connectivity index (χ2n) is 3.54. The number of nitrogens with zero attached hydrogens (tertiary/aromatic N) is 2. The van der Waals surface area contributed by atoms with Gasteiger partial charge in [0.2, 0.25) is 5.95 Å². The van der Waals surface area contributed by atoms with Crippen LogP contribution >= 0.6 is 0 Å². The molecule has 88 valence electrons.